The summed E-state index contributed by atoms with van der Waals surface area (Å²) >= 11 is 1.57. The number of halogens is 1. The van der Waals surface area contributed by atoms with Crippen molar-refractivity contribution in [2.24, 2.45) is 0 Å². The van der Waals surface area contributed by atoms with Crippen LogP contribution in [0.4, 0.5) is 4.39 Å². The Kier molecular flexibility index (Phi) is 4.26. The Hall–Kier alpha value is -0.215. The van der Waals surface area contributed by atoms with Crippen molar-refractivity contribution in [3.63, 3.8) is 0 Å². The lowest BCUT2D eigenvalue weighted by molar-refractivity contribution is 0.218. The first-order valence-corrected chi connectivity index (χ1v) is 5.53. The van der Waals surface area contributed by atoms with Gasteiger partial charge in [-0.3, -0.25) is 0 Å². The van der Waals surface area contributed by atoms with Crippen molar-refractivity contribution >= 4 is 19.6 Å². The lowest BCUT2D eigenvalue weighted by atomic mass is 9.86. The van der Waals surface area contributed by atoms with Crippen LogP contribution < -0.4 is 0 Å². The summed E-state index contributed by atoms with van der Waals surface area (Å²) < 4.78 is 18.1. The van der Waals surface area contributed by atoms with Crippen molar-refractivity contribution < 1.29 is 9.13 Å². The highest BCUT2D eigenvalue weighted by Crippen LogP contribution is 2.40. The largest absolute Gasteiger partial charge is 0.384 e. The number of allylic oxidation sites excluding steroid dienone is 3. The first kappa shape index (κ1) is 11.9. The van der Waals surface area contributed by atoms with E-state index in [1.165, 1.54) is 6.08 Å². The van der Waals surface area contributed by atoms with Gasteiger partial charge in [0.05, 0.1) is 11.4 Å². The van der Waals surface area contributed by atoms with Crippen LogP contribution in [-0.4, -0.2) is 32.1 Å². The van der Waals surface area contributed by atoms with E-state index < -0.39 is 4.75 Å². The molecule has 1 aliphatic carbocycles. The molecule has 1 aliphatic rings. The van der Waals surface area contributed by atoms with Gasteiger partial charge >= 0.3 is 0 Å². The molecular formula is C10H14BFOS. The van der Waals surface area contributed by atoms with Crippen LogP contribution in [0.5, 0.6) is 0 Å². The summed E-state index contributed by atoms with van der Waals surface area (Å²) in [4.78, 5) is 0. The highest BCUT2D eigenvalue weighted by atomic mass is 32.2. The Bertz CT molecular complexity index is 265. The topological polar surface area (TPSA) is 9.23 Å². The lowest BCUT2D eigenvalue weighted by Crippen LogP contribution is -2.24. The molecule has 0 spiro atoms. The predicted molar refractivity (Wildman–Crippen MR) is 60.4 cm³/mol. The molecule has 76 valence electrons. The fraction of sp³-hybridized carbons (Fsp3) is 0.600. The molecule has 1 nitrogen and oxygen atoms in total. The van der Waals surface area contributed by atoms with E-state index in [2.05, 4.69) is 0 Å². The molecule has 1 rings (SSSR count). The molecule has 0 aliphatic heterocycles. The number of rotatable bonds is 4. The van der Waals surface area contributed by atoms with Crippen molar-refractivity contribution in [3.8, 4) is 0 Å². The number of ether oxygens (including phenoxy) is 1. The second-order valence-electron chi connectivity index (χ2n) is 3.47. The Morgan fingerprint density at radius 3 is 3.00 bits per heavy atom. The van der Waals surface area contributed by atoms with Crippen molar-refractivity contribution in [2.75, 3.05) is 19.5 Å². The van der Waals surface area contributed by atoms with Gasteiger partial charge in [0.25, 0.3) is 0 Å². The molecule has 0 aromatic heterocycles. The summed E-state index contributed by atoms with van der Waals surface area (Å²) in [6.07, 6.45) is 3.92. The monoisotopic (exact) mass is 212 g/mol. The Morgan fingerprint density at radius 1 is 1.71 bits per heavy atom. The minimum Gasteiger partial charge on any atom is -0.384 e. The van der Waals surface area contributed by atoms with Gasteiger partial charge in [-0.1, -0.05) is 11.5 Å². The molecule has 0 fully saturated rings. The van der Waals surface area contributed by atoms with Gasteiger partial charge in [0, 0.05) is 12.9 Å². The molecule has 2 radical (unpaired) electrons. The highest BCUT2D eigenvalue weighted by molar-refractivity contribution is 8.00. The zero-order valence-electron chi connectivity index (χ0n) is 8.55. The first-order chi connectivity index (χ1) is 6.58. The molecular weight excluding hydrogens is 198 g/mol. The van der Waals surface area contributed by atoms with Crippen LogP contribution in [0.15, 0.2) is 23.5 Å². The maximum absolute atomic E-state index is 13.6. The Morgan fingerprint density at radius 2 is 2.43 bits per heavy atom. The van der Waals surface area contributed by atoms with Crippen molar-refractivity contribution in [1.29, 1.82) is 0 Å². The Balaban J connectivity index is 2.54. The van der Waals surface area contributed by atoms with E-state index in [-0.39, 0.29) is 5.83 Å². The van der Waals surface area contributed by atoms with E-state index in [1.54, 1.807) is 18.9 Å². The van der Waals surface area contributed by atoms with E-state index >= 15 is 0 Å². The Labute approximate surface area is 90.2 Å². The zero-order chi connectivity index (χ0) is 10.6. The summed E-state index contributed by atoms with van der Waals surface area (Å²) in [6, 6.07) is 0. The SMILES string of the molecule is [B]C1=CCC(C)(SCCOC)C(F)=C1. The second kappa shape index (κ2) is 5.03. The lowest BCUT2D eigenvalue weighted by Gasteiger charge is -2.29. The van der Waals surface area contributed by atoms with Crippen LogP contribution >= 0.6 is 11.8 Å². The van der Waals surface area contributed by atoms with Gasteiger partial charge in [0.1, 0.15) is 13.7 Å². The molecule has 0 aromatic carbocycles. The zero-order valence-corrected chi connectivity index (χ0v) is 9.36. The molecule has 0 saturated heterocycles. The highest BCUT2D eigenvalue weighted by Gasteiger charge is 2.30. The van der Waals surface area contributed by atoms with Crippen LogP contribution in [0.2, 0.25) is 0 Å². The van der Waals surface area contributed by atoms with Gasteiger partial charge in [-0.15, -0.1) is 11.8 Å². The molecule has 0 heterocycles. The van der Waals surface area contributed by atoms with Gasteiger partial charge < -0.3 is 4.74 Å². The summed E-state index contributed by atoms with van der Waals surface area (Å²) in [5.41, 5.74) is 0.521. The van der Waals surface area contributed by atoms with Gasteiger partial charge in [0.15, 0.2) is 0 Å². The average molecular weight is 212 g/mol. The summed E-state index contributed by atoms with van der Waals surface area (Å²) in [5.74, 6) is 0.653. The smallest absolute Gasteiger partial charge is 0.115 e. The maximum Gasteiger partial charge on any atom is 0.115 e. The minimum absolute atomic E-state index is 0.140. The molecule has 0 aromatic rings. The molecule has 1 unspecified atom stereocenters. The van der Waals surface area contributed by atoms with Gasteiger partial charge in [-0.25, -0.2) is 4.39 Å². The van der Waals surface area contributed by atoms with Gasteiger partial charge in [0.2, 0.25) is 0 Å². The van der Waals surface area contributed by atoms with Gasteiger partial charge in [-0.05, 0) is 19.4 Å². The first-order valence-electron chi connectivity index (χ1n) is 4.55. The fourth-order valence-corrected chi connectivity index (χ4v) is 2.34. The van der Waals surface area contributed by atoms with Crippen LogP contribution in [0.25, 0.3) is 0 Å². The average Bonchev–Trinajstić information content (AvgIpc) is 2.13. The summed E-state index contributed by atoms with van der Waals surface area (Å²) in [5, 5.41) is 0. The summed E-state index contributed by atoms with van der Waals surface area (Å²) in [6.45, 7) is 2.54. The van der Waals surface area contributed by atoms with Crippen LogP contribution in [-0.2, 0) is 4.74 Å². The van der Waals surface area contributed by atoms with E-state index in [0.717, 1.165) is 5.75 Å². The van der Waals surface area contributed by atoms with E-state index in [4.69, 9.17) is 12.6 Å². The number of hydrogen-bond acceptors (Lipinski definition) is 2. The van der Waals surface area contributed by atoms with Crippen molar-refractivity contribution in [2.45, 2.75) is 18.1 Å². The second-order valence-corrected chi connectivity index (χ2v) is 5.07. The molecule has 0 amide bonds. The molecule has 1 atom stereocenters. The number of thioether (sulfide) groups is 1. The summed E-state index contributed by atoms with van der Waals surface area (Å²) in [7, 11) is 7.16. The fourth-order valence-electron chi connectivity index (χ4n) is 1.25. The molecule has 4 heteroatoms. The predicted octanol–water partition coefficient (Wildman–Crippen LogP) is 2.43. The third kappa shape index (κ3) is 2.89. The van der Waals surface area contributed by atoms with Crippen LogP contribution in [0.3, 0.4) is 0 Å². The van der Waals surface area contributed by atoms with E-state index in [1.807, 2.05) is 13.0 Å². The normalized spacial score (nSPS) is 27.1. The molecule has 0 N–H and O–H groups in total. The molecule has 0 bridgehead atoms. The number of hydrogen-bond donors (Lipinski definition) is 0. The molecule has 14 heavy (non-hydrogen) atoms. The van der Waals surface area contributed by atoms with Crippen molar-refractivity contribution in [1.82, 2.24) is 0 Å². The van der Waals surface area contributed by atoms with Crippen LogP contribution in [0, 0.1) is 0 Å². The van der Waals surface area contributed by atoms with E-state index in [0.29, 0.717) is 18.5 Å². The maximum atomic E-state index is 13.6. The third-order valence-electron chi connectivity index (χ3n) is 2.23. The molecule has 0 saturated carbocycles. The van der Waals surface area contributed by atoms with E-state index in [9.17, 15) is 4.39 Å². The standard InChI is InChI=1S/C10H14BFOS/c1-10(14-6-5-13-2)4-3-8(11)7-9(10)12/h3,7H,4-6H2,1-2H3. The van der Waals surface area contributed by atoms with Crippen LogP contribution in [0.1, 0.15) is 13.3 Å². The van der Waals surface area contributed by atoms with Gasteiger partial charge in [-0.2, -0.15) is 0 Å². The van der Waals surface area contributed by atoms with Crippen molar-refractivity contribution in [3.05, 3.63) is 23.5 Å². The minimum atomic E-state index is -0.457. The quantitative estimate of drug-likeness (QED) is 0.522. The third-order valence-corrected chi connectivity index (χ3v) is 3.60. The number of methoxy groups -OCH3 is 1.